The minimum atomic E-state index is 0.0822. The molecule has 2 amide bonds. The van der Waals surface area contributed by atoms with E-state index < -0.39 is 0 Å². The number of rotatable bonds is 4. The molecule has 0 bridgehead atoms. The molecule has 2 rings (SSSR count). The number of nitrogens with one attached hydrogen (secondary N) is 2. The lowest BCUT2D eigenvalue weighted by Gasteiger charge is -2.37. The van der Waals surface area contributed by atoms with Crippen LogP contribution in [0.15, 0.2) is 0 Å². The van der Waals surface area contributed by atoms with Gasteiger partial charge in [-0.1, -0.05) is 13.8 Å². The maximum atomic E-state index is 12.5. The molecule has 1 unspecified atom stereocenters. The highest BCUT2D eigenvalue weighted by molar-refractivity contribution is 5.76. The normalized spacial score (nSPS) is 24.1. The van der Waals surface area contributed by atoms with Gasteiger partial charge >= 0.3 is 0 Å². The Kier molecular flexibility index (Phi) is 7.45. The summed E-state index contributed by atoms with van der Waals surface area (Å²) in [7, 11) is 0. The van der Waals surface area contributed by atoms with Crippen LogP contribution in [0.25, 0.3) is 0 Å². The van der Waals surface area contributed by atoms with E-state index in [9.17, 15) is 9.59 Å². The second kappa shape index (κ2) is 9.34. The van der Waals surface area contributed by atoms with Crippen LogP contribution in [0.5, 0.6) is 0 Å². The second-order valence-electron chi connectivity index (χ2n) is 7.21. The van der Waals surface area contributed by atoms with Crippen molar-refractivity contribution in [3.05, 3.63) is 0 Å². The van der Waals surface area contributed by atoms with Crippen LogP contribution in [-0.2, 0) is 9.59 Å². The lowest BCUT2D eigenvalue weighted by molar-refractivity contribution is -0.142. The Labute approximate surface area is 145 Å². The molecule has 0 aliphatic carbocycles. The van der Waals surface area contributed by atoms with Crippen molar-refractivity contribution in [1.82, 2.24) is 25.8 Å². The summed E-state index contributed by atoms with van der Waals surface area (Å²) in [6, 6.07) is 0.505. The molecule has 0 aromatic rings. The zero-order chi connectivity index (χ0) is 17.5. The molecule has 0 radical (unpaired) electrons. The van der Waals surface area contributed by atoms with Crippen LogP contribution in [0.4, 0.5) is 0 Å². The van der Waals surface area contributed by atoms with Gasteiger partial charge in [0.2, 0.25) is 11.8 Å². The van der Waals surface area contributed by atoms with Crippen molar-refractivity contribution in [2.45, 2.75) is 52.5 Å². The van der Waals surface area contributed by atoms with Crippen LogP contribution in [0.2, 0.25) is 0 Å². The molecule has 0 spiro atoms. The van der Waals surface area contributed by atoms with Gasteiger partial charge in [0.15, 0.2) is 0 Å². The van der Waals surface area contributed by atoms with E-state index in [-0.39, 0.29) is 11.8 Å². The molecule has 2 saturated heterocycles. The van der Waals surface area contributed by atoms with Gasteiger partial charge in [-0.2, -0.15) is 5.53 Å². The summed E-state index contributed by atoms with van der Waals surface area (Å²) < 4.78 is 0. The fraction of sp³-hybridized carbons (Fsp3) is 0.882. The molecular formula is C17H33N5O2. The quantitative estimate of drug-likeness (QED) is 0.785. The van der Waals surface area contributed by atoms with E-state index in [2.05, 4.69) is 36.5 Å². The predicted octanol–water partition coefficient (Wildman–Crippen LogP) is 0.587. The average Bonchev–Trinajstić information content (AvgIpc) is 2.52. The van der Waals surface area contributed by atoms with Crippen LogP contribution in [-0.4, -0.2) is 72.0 Å². The molecule has 7 nitrogen and oxygen atoms in total. The number of hydrogen-bond acceptors (Lipinski definition) is 5. The first kappa shape index (κ1) is 19.1. The SMILES string of the molecule is CC(C)C(C)N1CCCN(NN2CCCNC(=O)CC2)C(=O)CC1. The van der Waals surface area contributed by atoms with Gasteiger partial charge in [-0.25, -0.2) is 5.01 Å². The third-order valence-corrected chi connectivity index (χ3v) is 5.08. The maximum absolute atomic E-state index is 12.5. The molecule has 0 aromatic carbocycles. The molecule has 2 aliphatic rings. The van der Waals surface area contributed by atoms with Crippen molar-refractivity contribution in [2.75, 3.05) is 39.3 Å². The number of amides is 2. The summed E-state index contributed by atoms with van der Waals surface area (Å²) in [5, 5.41) is 6.63. The minimum Gasteiger partial charge on any atom is -0.356 e. The fourth-order valence-electron chi connectivity index (χ4n) is 3.18. The summed E-state index contributed by atoms with van der Waals surface area (Å²) >= 11 is 0. The molecule has 1 atom stereocenters. The van der Waals surface area contributed by atoms with Crippen molar-refractivity contribution in [3.8, 4) is 0 Å². The van der Waals surface area contributed by atoms with Crippen LogP contribution in [0.1, 0.15) is 46.5 Å². The molecule has 0 aromatic heterocycles. The Balaban J connectivity index is 1.86. The molecule has 0 saturated carbocycles. The van der Waals surface area contributed by atoms with Crippen molar-refractivity contribution >= 4 is 11.8 Å². The highest BCUT2D eigenvalue weighted by Crippen LogP contribution is 2.14. The summed E-state index contributed by atoms with van der Waals surface area (Å²) in [5.41, 5.74) is 3.25. The first-order chi connectivity index (χ1) is 11.5. The van der Waals surface area contributed by atoms with Gasteiger partial charge in [0.05, 0.1) is 0 Å². The number of hydrogen-bond donors (Lipinski definition) is 2. The highest BCUT2D eigenvalue weighted by atomic mass is 16.2. The number of carbonyl (C=O) groups is 2. The molecule has 24 heavy (non-hydrogen) atoms. The van der Waals surface area contributed by atoms with Gasteiger partial charge < -0.3 is 5.32 Å². The van der Waals surface area contributed by atoms with Gasteiger partial charge in [0.25, 0.3) is 0 Å². The van der Waals surface area contributed by atoms with E-state index in [1.165, 1.54) is 0 Å². The first-order valence-corrected chi connectivity index (χ1v) is 9.29. The lowest BCUT2D eigenvalue weighted by atomic mass is 10.0. The van der Waals surface area contributed by atoms with Crippen molar-refractivity contribution < 1.29 is 9.59 Å². The van der Waals surface area contributed by atoms with E-state index in [4.69, 9.17) is 0 Å². The van der Waals surface area contributed by atoms with Crippen molar-refractivity contribution in [3.63, 3.8) is 0 Å². The van der Waals surface area contributed by atoms with Crippen molar-refractivity contribution in [1.29, 1.82) is 0 Å². The van der Waals surface area contributed by atoms with Gasteiger partial charge in [0.1, 0.15) is 0 Å². The molecular weight excluding hydrogens is 306 g/mol. The lowest BCUT2D eigenvalue weighted by Crippen LogP contribution is -2.56. The van der Waals surface area contributed by atoms with Crippen LogP contribution in [0, 0.1) is 5.92 Å². The summed E-state index contributed by atoms with van der Waals surface area (Å²) in [6.45, 7) is 11.4. The zero-order valence-electron chi connectivity index (χ0n) is 15.4. The number of nitrogens with zero attached hydrogens (tertiary/aromatic N) is 3. The van der Waals surface area contributed by atoms with E-state index in [1.54, 1.807) is 5.01 Å². The second-order valence-corrected chi connectivity index (χ2v) is 7.21. The molecule has 138 valence electrons. The summed E-state index contributed by atoms with van der Waals surface area (Å²) in [5.74, 6) is 0.821. The maximum Gasteiger partial charge on any atom is 0.239 e. The van der Waals surface area contributed by atoms with Crippen LogP contribution >= 0.6 is 0 Å². The van der Waals surface area contributed by atoms with Crippen LogP contribution in [0.3, 0.4) is 0 Å². The summed E-state index contributed by atoms with van der Waals surface area (Å²) in [4.78, 5) is 26.5. The van der Waals surface area contributed by atoms with E-state index in [1.807, 2.05) is 5.01 Å². The van der Waals surface area contributed by atoms with Gasteiger partial charge in [0, 0.05) is 58.2 Å². The molecule has 2 aliphatic heterocycles. The summed E-state index contributed by atoms with van der Waals surface area (Å²) in [6.07, 6.45) is 2.86. The average molecular weight is 339 g/mol. The third kappa shape index (κ3) is 5.72. The Morgan fingerprint density at radius 2 is 1.75 bits per heavy atom. The van der Waals surface area contributed by atoms with E-state index >= 15 is 0 Å². The molecule has 2 heterocycles. The Bertz CT molecular complexity index is 429. The Hall–Kier alpha value is -1.18. The predicted molar refractivity (Wildman–Crippen MR) is 93.8 cm³/mol. The zero-order valence-corrected chi connectivity index (χ0v) is 15.4. The molecule has 7 heteroatoms. The van der Waals surface area contributed by atoms with Crippen molar-refractivity contribution in [2.24, 2.45) is 5.92 Å². The van der Waals surface area contributed by atoms with Gasteiger partial charge in [-0.05, 0) is 25.7 Å². The Morgan fingerprint density at radius 3 is 2.50 bits per heavy atom. The van der Waals surface area contributed by atoms with Crippen LogP contribution < -0.4 is 10.9 Å². The largest absolute Gasteiger partial charge is 0.356 e. The number of carbonyl (C=O) groups excluding carboxylic acids is 2. The van der Waals surface area contributed by atoms with Gasteiger partial charge in [-0.15, -0.1) is 0 Å². The topological polar surface area (TPSA) is 67.9 Å². The smallest absolute Gasteiger partial charge is 0.239 e. The van der Waals surface area contributed by atoms with Gasteiger partial charge in [-0.3, -0.25) is 19.5 Å². The monoisotopic (exact) mass is 339 g/mol. The highest BCUT2D eigenvalue weighted by Gasteiger charge is 2.24. The molecule has 2 fully saturated rings. The molecule has 2 N–H and O–H groups in total. The standard InChI is InChI=1S/C17H33N5O2/c1-14(2)15(3)20-9-5-11-22(17(24)7-12-20)19-21-10-4-8-18-16(23)6-13-21/h14-15,19H,4-13H2,1-3H3,(H,18,23). The van der Waals surface area contributed by atoms with E-state index in [0.717, 1.165) is 32.5 Å². The third-order valence-electron chi connectivity index (χ3n) is 5.08. The first-order valence-electron chi connectivity index (χ1n) is 9.29. The van der Waals surface area contributed by atoms with E-state index in [0.29, 0.717) is 44.4 Å². The minimum absolute atomic E-state index is 0.0822. The number of hydrazine groups is 2. The fourth-order valence-corrected chi connectivity index (χ4v) is 3.18. The Morgan fingerprint density at radius 1 is 0.958 bits per heavy atom.